The van der Waals surface area contributed by atoms with E-state index in [-0.39, 0.29) is 28.0 Å². The smallest absolute Gasteiger partial charge is 0.268 e. The van der Waals surface area contributed by atoms with Crippen LogP contribution >= 0.6 is 0 Å². The molecule has 5 rings (SSSR count). The predicted molar refractivity (Wildman–Crippen MR) is 151 cm³/mol. The zero-order chi connectivity index (χ0) is 27.8. The fourth-order valence-electron chi connectivity index (χ4n) is 4.80. The van der Waals surface area contributed by atoms with Crippen LogP contribution in [0.1, 0.15) is 49.7 Å². The third-order valence-electron chi connectivity index (χ3n) is 6.98. The van der Waals surface area contributed by atoms with Crippen molar-refractivity contribution in [2.24, 2.45) is 0 Å². The van der Waals surface area contributed by atoms with Gasteiger partial charge in [0.2, 0.25) is 0 Å². The number of benzene rings is 3. The van der Waals surface area contributed by atoms with Gasteiger partial charge in [-0.15, -0.1) is 0 Å². The minimum Gasteiger partial charge on any atom is -0.381 e. The highest BCUT2D eigenvalue weighted by Crippen LogP contribution is 2.35. The molecule has 3 N–H and O–H groups in total. The first-order chi connectivity index (χ1) is 18.5. The maximum Gasteiger partial charge on any atom is 0.268 e. The normalized spacial score (nSPS) is 14.9. The molecule has 0 atom stereocenters. The summed E-state index contributed by atoms with van der Waals surface area (Å²) >= 11 is 0. The van der Waals surface area contributed by atoms with Gasteiger partial charge in [-0.3, -0.25) is 9.52 Å². The van der Waals surface area contributed by atoms with Gasteiger partial charge in [0.25, 0.3) is 15.9 Å². The number of anilines is 1. The molecule has 0 radical (unpaired) electrons. The molecule has 3 aromatic carbocycles. The van der Waals surface area contributed by atoms with Crippen molar-refractivity contribution >= 4 is 32.5 Å². The molecule has 39 heavy (non-hydrogen) atoms. The summed E-state index contributed by atoms with van der Waals surface area (Å²) in [7, 11) is -3.95. The van der Waals surface area contributed by atoms with Crippen LogP contribution in [0.15, 0.2) is 71.6 Å². The third-order valence-corrected chi connectivity index (χ3v) is 8.36. The van der Waals surface area contributed by atoms with Crippen LogP contribution in [0.2, 0.25) is 0 Å². The van der Waals surface area contributed by atoms with Gasteiger partial charge in [-0.1, -0.05) is 45.0 Å². The van der Waals surface area contributed by atoms with Crippen molar-refractivity contribution in [3.8, 4) is 11.1 Å². The van der Waals surface area contributed by atoms with Crippen molar-refractivity contribution in [3.63, 3.8) is 0 Å². The van der Waals surface area contributed by atoms with Gasteiger partial charge in [0.05, 0.1) is 4.90 Å². The Hall–Kier alpha value is -3.69. The van der Waals surface area contributed by atoms with Gasteiger partial charge in [-0.05, 0) is 71.8 Å². The molecule has 0 unspecified atom stereocenters. The van der Waals surface area contributed by atoms with Crippen LogP contribution in [0.25, 0.3) is 22.0 Å². The lowest BCUT2D eigenvalue weighted by molar-refractivity contribution is 0.0695. The second-order valence-corrected chi connectivity index (χ2v) is 12.6. The average molecular weight is 550 g/mol. The van der Waals surface area contributed by atoms with E-state index >= 15 is 0 Å². The number of carbonyl (C=O) groups excluding carboxylic acids is 1. The number of aromatic amines is 1. The van der Waals surface area contributed by atoms with Crippen LogP contribution in [0.5, 0.6) is 0 Å². The number of carbonyl (C=O) groups is 1. The predicted octanol–water partition coefficient (Wildman–Crippen LogP) is 5.98. The zero-order valence-corrected chi connectivity index (χ0v) is 23.0. The van der Waals surface area contributed by atoms with E-state index in [0.717, 1.165) is 5.56 Å². The molecule has 0 spiro atoms. The Labute approximate surface area is 227 Å². The Bertz CT molecular complexity index is 1620. The number of fused-ring (bicyclic) bond motifs is 1. The molecule has 1 fully saturated rings. The van der Waals surface area contributed by atoms with Crippen LogP contribution < -0.4 is 10.0 Å². The van der Waals surface area contributed by atoms with Gasteiger partial charge in [-0.2, -0.15) is 0 Å². The largest absolute Gasteiger partial charge is 0.381 e. The summed E-state index contributed by atoms with van der Waals surface area (Å²) in [6.45, 7) is 7.41. The molecule has 0 aliphatic carbocycles. The molecular weight excluding hydrogens is 517 g/mol. The van der Waals surface area contributed by atoms with Gasteiger partial charge in [-0.25, -0.2) is 12.8 Å². The number of sulfonamides is 1. The van der Waals surface area contributed by atoms with Gasteiger partial charge < -0.3 is 15.0 Å². The third kappa shape index (κ3) is 5.84. The van der Waals surface area contributed by atoms with Crippen molar-refractivity contribution in [2.45, 2.75) is 50.0 Å². The molecule has 1 amide bonds. The summed E-state index contributed by atoms with van der Waals surface area (Å²) in [5, 5.41) is 3.54. The first-order valence-electron chi connectivity index (χ1n) is 12.9. The van der Waals surface area contributed by atoms with Crippen LogP contribution in [0, 0.1) is 5.82 Å². The Morgan fingerprint density at radius 1 is 1.00 bits per heavy atom. The second-order valence-electron chi connectivity index (χ2n) is 10.9. The highest BCUT2D eigenvalue weighted by atomic mass is 32.2. The number of H-pyrrole nitrogens is 1. The molecule has 2 heterocycles. The van der Waals surface area contributed by atoms with E-state index in [1.54, 1.807) is 30.3 Å². The summed E-state index contributed by atoms with van der Waals surface area (Å²) in [5.41, 5.74) is 3.21. The van der Waals surface area contributed by atoms with E-state index in [1.165, 1.54) is 24.3 Å². The second kappa shape index (κ2) is 10.5. The minimum absolute atomic E-state index is 0.0305. The number of nitrogens with one attached hydrogen (secondary N) is 3. The first kappa shape index (κ1) is 26.9. The topological polar surface area (TPSA) is 100 Å². The molecule has 204 valence electrons. The number of ether oxygens (including phenoxy) is 1. The molecule has 1 aliphatic rings. The number of amides is 1. The lowest BCUT2D eigenvalue weighted by Crippen LogP contribution is -2.39. The summed E-state index contributed by atoms with van der Waals surface area (Å²) < 4.78 is 49.0. The summed E-state index contributed by atoms with van der Waals surface area (Å²) in [6.07, 6.45) is 1.40. The monoisotopic (exact) mass is 549 g/mol. The van der Waals surface area contributed by atoms with Crippen molar-refractivity contribution < 1.29 is 22.3 Å². The number of hydrogen-bond acceptors (Lipinski definition) is 4. The van der Waals surface area contributed by atoms with Gasteiger partial charge in [0, 0.05) is 41.4 Å². The van der Waals surface area contributed by atoms with Crippen molar-refractivity contribution in [3.05, 3.63) is 83.8 Å². The Kier molecular flexibility index (Phi) is 7.22. The fourth-order valence-corrected chi connectivity index (χ4v) is 5.89. The fraction of sp³-hybridized carbons (Fsp3) is 0.300. The van der Waals surface area contributed by atoms with Crippen LogP contribution in [0.3, 0.4) is 0 Å². The molecule has 4 aromatic rings. The molecule has 9 heteroatoms. The summed E-state index contributed by atoms with van der Waals surface area (Å²) in [4.78, 5) is 16.5. The van der Waals surface area contributed by atoms with E-state index in [9.17, 15) is 17.6 Å². The molecule has 1 aromatic heterocycles. The Morgan fingerprint density at radius 2 is 1.72 bits per heavy atom. The van der Waals surface area contributed by atoms with Gasteiger partial charge in [0.1, 0.15) is 11.5 Å². The Morgan fingerprint density at radius 3 is 2.38 bits per heavy atom. The van der Waals surface area contributed by atoms with Crippen molar-refractivity contribution in [1.82, 2.24) is 10.3 Å². The van der Waals surface area contributed by atoms with E-state index in [0.29, 0.717) is 53.8 Å². The van der Waals surface area contributed by atoms with Crippen LogP contribution in [-0.4, -0.2) is 38.6 Å². The average Bonchev–Trinajstić information content (AvgIpc) is 3.28. The number of rotatable bonds is 6. The first-order valence-corrected chi connectivity index (χ1v) is 14.4. The lowest BCUT2D eigenvalue weighted by atomic mass is 9.87. The maximum absolute atomic E-state index is 14.2. The molecule has 1 aliphatic heterocycles. The molecule has 7 nitrogen and oxygen atoms in total. The number of hydrogen-bond donors (Lipinski definition) is 3. The van der Waals surface area contributed by atoms with E-state index in [4.69, 9.17) is 4.74 Å². The molecule has 0 saturated carbocycles. The standard InChI is InChI=1S/C30H32FN3O4S/c1-30(2,3)20-7-9-23(10-8-20)34-39(36,37)24-11-12-26-25(18-24)27(19-5-4-6-21(31)17-19)28(33-26)29(35)32-22-13-15-38-16-14-22/h4-12,17-18,22,33-34H,13-16H2,1-3H3,(H,32,35). The minimum atomic E-state index is -3.95. The number of halogens is 1. The van der Waals surface area contributed by atoms with Gasteiger partial charge in [0.15, 0.2) is 0 Å². The zero-order valence-electron chi connectivity index (χ0n) is 22.2. The van der Waals surface area contributed by atoms with Crippen molar-refractivity contribution in [1.29, 1.82) is 0 Å². The van der Waals surface area contributed by atoms with Gasteiger partial charge >= 0.3 is 0 Å². The molecule has 1 saturated heterocycles. The van der Waals surface area contributed by atoms with E-state index in [2.05, 4.69) is 35.8 Å². The SMILES string of the molecule is CC(C)(C)c1ccc(NS(=O)(=O)c2ccc3[nH]c(C(=O)NC4CCOCC4)c(-c4cccc(F)c4)c3c2)cc1. The molecule has 0 bridgehead atoms. The van der Waals surface area contributed by atoms with Crippen LogP contribution in [-0.2, 0) is 20.2 Å². The number of aromatic nitrogens is 1. The quantitative estimate of drug-likeness (QED) is 0.275. The maximum atomic E-state index is 14.2. The highest BCUT2D eigenvalue weighted by Gasteiger charge is 2.25. The Balaban J connectivity index is 1.54. The van der Waals surface area contributed by atoms with Crippen molar-refractivity contribution in [2.75, 3.05) is 17.9 Å². The van der Waals surface area contributed by atoms with E-state index < -0.39 is 15.8 Å². The highest BCUT2D eigenvalue weighted by molar-refractivity contribution is 7.92. The van der Waals surface area contributed by atoms with E-state index in [1.807, 2.05) is 12.1 Å². The van der Waals surface area contributed by atoms with Crippen LogP contribution in [0.4, 0.5) is 10.1 Å². The molecular formula is C30H32FN3O4S. The summed E-state index contributed by atoms with van der Waals surface area (Å²) in [6, 6.07) is 17.8. The summed E-state index contributed by atoms with van der Waals surface area (Å²) in [5.74, 6) is -0.791. The lowest BCUT2D eigenvalue weighted by Gasteiger charge is -2.23.